The largest absolute Gasteiger partial charge is 0.494 e. The molecule has 5 heteroatoms. The zero-order chi connectivity index (χ0) is 27.7. The van der Waals surface area contributed by atoms with Crippen molar-refractivity contribution in [2.24, 2.45) is 0 Å². The van der Waals surface area contributed by atoms with Crippen molar-refractivity contribution >= 4 is 10.1 Å². The van der Waals surface area contributed by atoms with E-state index in [1.54, 1.807) is 6.07 Å². The lowest BCUT2D eigenvalue weighted by Crippen LogP contribution is -2.05. The summed E-state index contributed by atoms with van der Waals surface area (Å²) in [6.07, 6.45) is 30.2. The fourth-order valence-electron chi connectivity index (χ4n) is 5.21. The first-order chi connectivity index (χ1) is 18.5. The van der Waals surface area contributed by atoms with Crippen molar-refractivity contribution in [2.75, 3.05) is 6.61 Å². The first kappa shape index (κ1) is 35.0. The van der Waals surface area contributed by atoms with Crippen LogP contribution in [0.2, 0.25) is 0 Å². The minimum Gasteiger partial charge on any atom is -0.494 e. The van der Waals surface area contributed by atoms with Crippen molar-refractivity contribution in [1.29, 1.82) is 0 Å². The smallest absolute Gasteiger partial charge is 0.294 e. The predicted molar refractivity (Wildman–Crippen MR) is 163 cm³/mol. The molecular formula is C33H60O4S. The number of hydrogen-bond acceptors (Lipinski definition) is 3. The van der Waals surface area contributed by atoms with Crippen LogP contribution < -0.4 is 4.74 Å². The molecule has 0 bridgehead atoms. The number of ether oxygens (including phenoxy) is 1. The Morgan fingerprint density at radius 1 is 0.579 bits per heavy atom. The van der Waals surface area contributed by atoms with Crippen LogP contribution in [0.1, 0.15) is 167 Å². The highest BCUT2D eigenvalue weighted by Crippen LogP contribution is 2.24. The summed E-state index contributed by atoms with van der Waals surface area (Å²) in [6, 6.07) is 4.99. The predicted octanol–water partition coefficient (Wildman–Crippen LogP) is 10.9. The lowest BCUT2D eigenvalue weighted by atomic mass is 10.0. The average molecular weight is 553 g/mol. The molecule has 0 atom stereocenters. The Morgan fingerprint density at radius 2 is 0.974 bits per heavy atom. The van der Waals surface area contributed by atoms with Crippen LogP contribution in [0.4, 0.5) is 0 Å². The first-order valence-corrected chi connectivity index (χ1v) is 17.7. The summed E-state index contributed by atoms with van der Waals surface area (Å²) in [5, 5.41) is 0. The molecular weight excluding hydrogens is 492 g/mol. The third-order valence-electron chi connectivity index (χ3n) is 7.63. The summed E-state index contributed by atoms with van der Waals surface area (Å²) < 4.78 is 39.3. The second kappa shape index (κ2) is 23.8. The van der Waals surface area contributed by atoms with E-state index in [2.05, 4.69) is 13.8 Å². The molecule has 0 saturated heterocycles. The molecule has 0 heterocycles. The molecule has 1 aromatic carbocycles. The molecule has 0 aliphatic rings. The third kappa shape index (κ3) is 19.1. The van der Waals surface area contributed by atoms with E-state index >= 15 is 0 Å². The summed E-state index contributed by atoms with van der Waals surface area (Å²) in [7, 11) is -4.22. The van der Waals surface area contributed by atoms with Crippen LogP contribution in [0.25, 0.3) is 0 Å². The third-order valence-corrected chi connectivity index (χ3v) is 8.58. The van der Waals surface area contributed by atoms with Crippen LogP contribution in [-0.2, 0) is 16.5 Å². The van der Waals surface area contributed by atoms with Crippen molar-refractivity contribution in [3.05, 3.63) is 23.8 Å². The van der Waals surface area contributed by atoms with Crippen LogP contribution in [-0.4, -0.2) is 19.6 Å². The van der Waals surface area contributed by atoms with Gasteiger partial charge in [-0.1, -0.05) is 149 Å². The van der Waals surface area contributed by atoms with Crippen molar-refractivity contribution in [2.45, 2.75) is 173 Å². The Labute approximate surface area is 236 Å². The monoisotopic (exact) mass is 552 g/mol. The van der Waals surface area contributed by atoms with Gasteiger partial charge in [0.2, 0.25) is 0 Å². The highest BCUT2D eigenvalue weighted by Gasteiger charge is 2.16. The number of hydrogen-bond donors (Lipinski definition) is 1. The fraction of sp³-hybridized carbons (Fsp3) is 0.818. The van der Waals surface area contributed by atoms with Gasteiger partial charge in [0.15, 0.2) is 0 Å². The van der Waals surface area contributed by atoms with E-state index in [-0.39, 0.29) is 4.90 Å². The maximum atomic E-state index is 11.9. The van der Waals surface area contributed by atoms with Crippen LogP contribution in [0.15, 0.2) is 23.1 Å². The minimum absolute atomic E-state index is 0.0303. The standard InChI is InChI=1S/C33H60O4S/c1-3-5-7-9-11-13-15-16-17-18-20-22-24-26-31-30-32(27-28-33(31)38(34,35)36)37-29-25-23-21-19-14-12-10-8-6-4-2/h27-28,30H,3-26,29H2,1-2H3,(H,34,35,36). The van der Waals surface area contributed by atoms with Crippen molar-refractivity contribution in [1.82, 2.24) is 0 Å². The summed E-state index contributed by atoms with van der Waals surface area (Å²) in [4.78, 5) is 0.0303. The minimum atomic E-state index is -4.22. The molecule has 0 aromatic heterocycles. The molecule has 1 rings (SSSR count). The van der Waals surface area contributed by atoms with Gasteiger partial charge in [0.1, 0.15) is 5.75 Å². The van der Waals surface area contributed by atoms with Gasteiger partial charge in [-0.25, -0.2) is 0 Å². The molecule has 0 amide bonds. The quantitative estimate of drug-likeness (QED) is 0.0870. The normalized spacial score (nSPS) is 11.8. The number of unbranched alkanes of at least 4 members (excludes halogenated alkanes) is 21. The van der Waals surface area contributed by atoms with E-state index in [0.717, 1.165) is 19.3 Å². The Bertz CT molecular complexity index is 775. The number of aryl methyl sites for hydroxylation is 1. The summed E-state index contributed by atoms with van der Waals surface area (Å²) in [6.45, 7) is 5.17. The van der Waals surface area contributed by atoms with E-state index in [1.165, 1.54) is 134 Å². The highest BCUT2D eigenvalue weighted by molar-refractivity contribution is 7.85. The Balaban J connectivity index is 2.22. The summed E-state index contributed by atoms with van der Waals surface area (Å²) in [5.41, 5.74) is 0.677. The van der Waals surface area contributed by atoms with Gasteiger partial charge in [-0.15, -0.1) is 0 Å². The molecule has 4 nitrogen and oxygen atoms in total. The molecule has 0 aliphatic heterocycles. The summed E-state index contributed by atoms with van der Waals surface area (Å²) in [5.74, 6) is 0.706. The molecule has 0 unspecified atom stereocenters. The van der Waals surface area contributed by atoms with E-state index < -0.39 is 10.1 Å². The lowest BCUT2D eigenvalue weighted by molar-refractivity contribution is 0.303. The highest BCUT2D eigenvalue weighted by atomic mass is 32.2. The van der Waals surface area contributed by atoms with Gasteiger partial charge in [-0.2, -0.15) is 8.42 Å². The second-order valence-electron chi connectivity index (χ2n) is 11.3. The molecule has 0 radical (unpaired) electrons. The fourth-order valence-corrected chi connectivity index (χ4v) is 5.94. The SMILES string of the molecule is CCCCCCCCCCCCCCCc1cc(OCCCCCCCCCCCC)ccc1S(=O)(=O)O. The molecule has 0 aliphatic carbocycles. The Morgan fingerprint density at radius 3 is 1.39 bits per heavy atom. The van der Waals surface area contributed by atoms with E-state index in [0.29, 0.717) is 24.3 Å². The molecule has 0 saturated carbocycles. The number of benzene rings is 1. The van der Waals surface area contributed by atoms with Gasteiger partial charge < -0.3 is 4.74 Å². The van der Waals surface area contributed by atoms with Gasteiger partial charge in [0.25, 0.3) is 10.1 Å². The van der Waals surface area contributed by atoms with E-state index in [9.17, 15) is 13.0 Å². The zero-order valence-electron chi connectivity index (χ0n) is 25.0. The molecule has 222 valence electrons. The molecule has 1 aromatic rings. The average Bonchev–Trinajstić information content (AvgIpc) is 2.89. The maximum Gasteiger partial charge on any atom is 0.294 e. The van der Waals surface area contributed by atoms with Crippen molar-refractivity contribution < 1.29 is 17.7 Å². The zero-order valence-corrected chi connectivity index (χ0v) is 25.8. The topological polar surface area (TPSA) is 63.6 Å². The molecule has 0 fully saturated rings. The van der Waals surface area contributed by atoms with Crippen LogP contribution in [0, 0.1) is 0 Å². The second-order valence-corrected chi connectivity index (χ2v) is 12.7. The molecule has 0 spiro atoms. The van der Waals surface area contributed by atoms with Crippen LogP contribution in [0.5, 0.6) is 5.75 Å². The molecule has 1 N–H and O–H groups in total. The number of rotatable bonds is 27. The first-order valence-electron chi connectivity index (χ1n) is 16.2. The van der Waals surface area contributed by atoms with Gasteiger partial charge in [0, 0.05) is 0 Å². The van der Waals surface area contributed by atoms with Crippen molar-refractivity contribution in [3.63, 3.8) is 0 Å². The van der Waals surface area contributed by atoms with Gasteiger partial charge >= 0.3 is 0 Å². The maximum absolute atomic E-state index is 11.9. The Hall–Kier alpha value is -1.07. The summed E-state index contributed by atoms with van der Waals surface area (Å²) >= 11 is 0. The van der Waals surface area contributed by atoms with Gasteiger partial charge in [0.05, 0.1) is 11.5 Å². The Kier molecular flexibility index (Phi) is 21.9. The van der Waals surface area contributed by atoms with Crippen LogP contribution in [0.3, 0.4) is 0 Å². The van der Waals surface area contributed by atoms with E-state index in [4.69, 9.17) is 4.74 Å². The van der Waals surface area contributed by atoms with Gasteiger partial charge in [-0.3, -0.25) is 4.55 Å². The molecule has 38 heavy (non-hydrogen) atoms. The van der Waals surface area contributed by atoms with Crippen LogP contribution >= 0.6 is 0 Å². The van der Waals surface area contributed by atoms with Gasteiger partial charge in [-0.05, 0) is 43.0 Å². The van der Waals surface area contributed by atoms with E-state index in [1.807, 2.05) is 6.07 Å². The van der Waals surface area contributed by atoms with Crippen molar-refractivity contribution in [3.8, 4) is 5.75 Å². The lowest BCUT2D eigenvalue weighted by Gasteiger charge is -2.12.